The summed E-state index contributed by atoms with van der Waals surface area (Å²) in [6, 6.07) is 0.469. The molecule has 2 fully saturated rings. The summed E-state index contributed by atoms with van der Waals surface area (Å²) in [4.78, 5) is 14.1. The van der Waals surface area contributed by atoms with E-state index in [4.69, 9.17) is 0 Å². The van der Waals surface area contributed by atoms with Gasteiger partial charge in [0.05, 0.1) is 12.1 Å². The van der Waals surface area contributed by atoms with Crippen molar-refractivity contribution >= 4 is 16.1 Å². The van der Waals surface area contributed by atoms with Crippen molar-refractivity contribution in [1.29, 1.82) is 0 Å². The molecule has 1 aliphatic heterocycles. The quantitative estimate of drug-likeness (QED) is 0.481. The first-order chi connectivity index (χ1) is 17.4. The molecular weight excluding hydrogens is 524 g/mol. The molecule has 13 heteroatoms. The van der Waals surface area contributed by atoms with Crippen LogP contribution in [0.1, 0.15) is 25.3 Å². The molecule has 6 nitrogen and oxygen atoms in total. The fourth-order valence-electron chi connectivity index (χ4n) is 4.89. The van der Waals surface area contributed by atoms with Crippen molar-refractivity contribution in [3.8, 4) is 11.1 Å². The molecule has 2 aliphatic rings. The molecule has 1 saturated carbocycles. The molecule has 2 amide bonds. The van der Waals surface area contributed by atoms with Gasteiger partial charge >= 0.3 is 6.03 Å². The van der Waals surface area contributed by atoms with Crippen molar-refractivity contribution in [2.75, 3.05) is 12.6 Å². The Bertz CT molecular complexity index is 1270. The van der Waals surface area contributed by atoms with E-state index < -0.39 is 69.5 Å². The summed E-state index contributed by atoms with van der Waals surface area (Å²) in [6.07, 6.45) is -2.15. The normalized spacial score (nSPS) is 21.5. The standard InChI is InChI=1S/C24H25F6N3O3S/c1-13(22(29)30)31-23(34)33-11-24(5-6-24)21(32-37(35,36)12-25)19(33)9-14-3-2-4-18(20(14)28)15-7-16(26)10-17(27)8-15/h2-4,7-8,10,13,19,21-22,32H,5-6,9,11-12H2,1H3,(H,31,34)/t13-,19?,21?/m1/s1. The van der Waals surface area contributed by atoms with E-state index in [1.54, 1.807) is 0 Å². The van der Waals surface area contributed by atoms with Gasteiger partial charge in [-0.15, -0.1) is 0 Å². The maximum absolute atomic E-state index is 15.6. The Balaban J connectivity index is 1.71. The van der Waals surface area contributed by atoms with E-state index in [1.165, 1.54) is 23.1 Å². The number of urea groups is 1. The topological polar surface area (TPSA) is 78.5 Å². The third-order valence-electron chi connectivity index (χ3n) is 6.94. The van der Waals surface area contributed by atoms with Crippen molar-refractivity contribution in [3.05, 3.63) is 59.4 Å². The van der Waals surface area contributed by atoms with Crippen LogP contribution in [0.4, 0.5) is 31.1 Å². The van der Waals surface area contributed by atoms with Gasteiger partial charge in [0.15, 0.2) is 0 Å². The number of alkyl halides is 3. The Hall–Kier alpha value is -2.80. The molecule has 3 atom stereocenters. The van der Waals surface area contributed by atoms with E-state index in [0.29, 0.717) is 18.9 Å². The van der Waals surface area contributed by atoms with Gasteiger partial charge in [-0.2, -0.15) is 0 Å². The van der Waals surface area contributed by atoms with Crippen LogP contribution in [0, 0.1) is 22.9 Å². The average Bonchev–Trinajstić information content (AvgIpc) is 3.54. The molecule has 2 N–H and O–H groups in total. The Morgan fingerprint density at radius 3 is 2.35 bits per heavy atom. The number of likely N-dealkylation sites (tertiary alicyclic amines) is 1. The first kappa shape index (κ1) is 27.2. The second-order valence-corrected chi connectivity index (χ2v) is 11.3. The largest absolute Gasteiger partial charge is 0.330 e. The second kappa shape index (κ2) is 10.2. The van der Waals surface area contributed by atoms with Crippen LogP contribution >= 0.6 is 0 Å². The van der Waals surface area contributed by atoms with E-state index in [2.05, 4.69) is 10.0 Å². The van der Waals surface area contributed by atoms with Gasteiger partial charge in [0.25, 0.3) is 6.43 Å². The number of carbonyl (C=O) groups is 1. The fraction of sp³-hybridized carbons (Fsp3) is 0.458. The summed E-state index contributed by atoms with van der Waals surface area (Å²) < 4.78 is 109. The highest BCUT2D eigenvalue weighted by atomic mass is 32.2. The molecule has 0 bridgehead atoms. The van der Waals surface area contributed by atoms with Crippen molar-refractivity contribution in [2.45, 2.75) is 50.7 Å². The van der Waals surface area contributed by atoms with E-state index in [-0.39, 0.29) is 29.7 Å². The van der Waals surface area contributed by atoms with E-state index in [0.717, 1.165) is 19.1 Å². The zero-order valence-corrected chi connectivity index (χ0v) is 20.5. The lowest BCUT2D eigenvalue weighted by molar-refractivity contribution is 0.102. The molecule has 1 spiro atoms. The second-order valence-electron chi connectivity index (χ2n) is 9.59. The van der Waals surface area contributed by atoms with Crippen LogP contribution in [0.2, 0.25) is 0 Å². The van der Waals surface area contributed by atoms with E-state index >= 15 is 4.39 Å². The zero-order chi connectivity index (χ0) is 27.1. The third kappa shape index (κ3) is 5.71. The van der Waals surface area contributed by atoms with E-state index in [9.17, 15) is 35.2 Å². The van der Waals surface area contributed by atoms with Crippen LogP contribution < -0.4 is 10.0 Å². The van der Waals surface area contributed by atoms with E-state index in [1.807, 2.05) is 0 Å². The van der Waals surface area contributed by atoms with Crippen LogP contribution in [0.15, 0.2) is 36.4 Å². The molecule has 202 valence electrons. The van der Waals surface area contributed by atoms with Crippen LogP contribution in [0.25, 0.3) is 11.1 Å². The molecule has 2 unspecified atom stereocenters. The highest BCUT2D eigenvalue weighted by Gasteiger charge is 2.61. The smallest absolute Gasteiger partial charge is 0.318 e. The highest BCUT2D eigenvalue weighted by molar-refractivity contribution is 7.89. The van der Waals surface area contributed by atoms with Crippen LogP contribution in [0.5, 0.6) is 0 Å². The minimum atomic E-state index is -4.39. The Kier molecular flexibility index (Phi) is 7.48. The minimum Gasteiger partial charge on any atom is -0.330 e. The van der Waals surface area contributed by atoms with Gasteiger partial charge in [0.1, 0.15) is 17.5 Å². The summed E-state index contributed by atoms with van der Waals surface area (Å²) in [5, 5.41) is 2.17. The molecule has 2 aromatic rings. The number of sulfonamides is 1. The number of carbonyl (C=O) groups excluding carboxylic acids is 1. The maximum Gasteiger partial charge on any atom is 0.318 e. The summed E-state index contributed by atoms with van der Waals surface area (Å²) >= 11 is 0. The van der Waals surface area contributed by atoms with Gasteiger partial charge in [-0.1, -0.05) is 18.2 Å². The predicted octanol–water partition coefficient (Wildman–Crippen LogP) is 4.36. The number of nitrogens with zero attached hydrogens (tertiary/aromatic N) is 1. The lowest BCUT2D eigenvalue weighted by Gasteiger charge is -2.30. The monoisotopic (exact) mass is 549 g/mol. The molecule has 1 heterocycles. The number of amides is 2. The molecular formula is C24H25F6N3O3S. The molecule has 1 saturated heterocycles. The number of hydrogen-bond donors (Lipinski definition) is 2. The first-order valence-corrected chi connectivity index (χ1v) is 13.2. The van der Waals surface area contributed by atoms with Crippen molar-refractivity contribution in [2.24, 2.45) is 5.41 Å². The van der Waals surface area contributed by atoms with Crippen LogP contribution in [-0.2, 0) is 16.4 Å². The highest BCUT2D eigenvalue weighted by Crippen LogP contribution is 2.55. The summed E-state index contributed by atoms with van der Waals surface area (Å²) in [7, 11) is -4.39. The van der Waals surface area contributed by atoms with Gasteiger partial charge in [-0.3, -0.25) is 0 Å². The lowest BCUT2D eigenvalue weighted by Crippen LogP contribution is -2.53. The summed E-state index contributed by atoms with van der Waals surface area (Å²) in [5.41, 5.74) is -0.956. The van der Waals surface area contributed by atoms with Crippen molar-refractivity contribution in [3.63, 3.8) is 0 Å². The Morgan fingerprint density at radius 1 is 1.14 bits per heavy atom. The summed E-state index contributed by atoms with van der Waals surface area (Å²) in [6.45, 7) is 1.10. The van der Waals surface area contributed by atoms with Gasteiger partial charge in [0, 0.05) is 29.6 Å². The zero-order valence-electron chi connectivity index (χ0n) is 19.7. The summed E-state index contributed by atoms with van der Waals surface area (Å²) in [5.74, 6) is -2.68. The number of rotatable bonds is 8. The number of halogens is 6. The minimum absolute atomic E-state index is 0.00462. The maximum atomic E-state index is 15.6. The Labute approximate surface area is 210 Å². The van der Waals surface area contributed by atoms with Gasteiger partial charge in [-0.05, 0) is 49.4 Å². The molecule has 0 radical (unpaired) electrons. The molecule has 1 aliphatic carbocycles. The van der Waals surface area contributed by atoms with Gasteiger partial charge < -0.3 is 10.2 Å². The molecule has 4 rings (SSSR count). The molecule has 37 heavy (non-hydrogen) atoms. The van der Waals surface area contributed by atoms with Crippen molar-refractivity contribution in [1.82, 2.24) is 14.9 Å². The average molecular weight is 550 g/mol. The molecule has 0 aromatic heterocycles. The number of benzene rings is 2. The van der Waals surface area contributed by atoms with Crippen LogP contribution in [0.3, 0.4) is 0 Å². The number of hydrogen-bond acceptors (Lipinski definition) is 3. The molecule has 2 aromatic carbocycles. The Morgan fingerprint density at radius 2 is 1.78 bits per heavy atom. The third-order valence-corrected chi connectivity index (χ3v) is 7.84. The fourth-order valence-corrected chi connectivity index (χ4v) is 5.74. The van der Waals surface area contributed by atoms with Gasteiger partial charge in [0.2, 0.25) is 16.0 Å². The predicted molar refractivity (Wildman–Crippen MR) is 123 cm³/mol. The SMILES string of the molecule is C[C@@H](NC(=O)N1CC2(CC2)C(NS(=O)(=O)CF)C1Cc1cccc(-c2cc(F)cc(F)c2)c1F)C(F)F. The van der Waals surface area contributed by atoms with Crippen LogP contribution in [-0.4, -0.2) is 56.5 Å². The van der Waals surface area contributed by atoms with Crippen molar-refractivity contribution < 1.29 is 39.6 Å². The lowest BCUT2D eigenvalue weighted by atomic mass is 9.91. The first-order valence-electron chi connectivity index (χ1n) is 11.5. The number of nitrogens with one attached hydrogen (secondary N) is 2. The van der Waals surface area contributed by atoms with Gasteiger partial charge in [-0.25, -0.2) is 44.3 Å².